The highest BCUT2D eigenvalue weighted by molar-refractivity contribution is 6.28. The number of hydrogen-bond donors (Lipinski definition) is 0. The molecule has 0 aliphatic carbocycles. The van der Waals surface area contributed by atoms with Gasteiger partial charge in [-0.05, 0) is 37.8 Å². The van der Waals surface area contributed by atoms with Crippen LogP contribution in [-0.4, -0.2) is 34.6 Å². The summed E-state index contributed by atoms with van der Waals surface area (Å²) in [6.45, 7) is 10.6. The minimum absolute atomic E-state index is 0.173. The van der Waals surface area contributed by atoms with E-state index in [0.29, 0.717) is 24.5 Å². The van der Waals surface area contributed by atoms with Crippen molar-refractivity contribution in [1.82, 2.24) is 15.0 Å². The van der Waals surface area contributed by atoms with Crippen LogP contribution in [0.25, 0.3) is 0 Å². The van der Waals surface area contributed by atoms with E-state index in [1.165, 1.54) is 0 Å². The lowest BCUT2D eigenvalue weighted by Crippen LogP contribution is -2.24. The van der Waals surface area contributed by atoms with Gasteiger partial charge in [-0.25, -0.2) is 0 Å². The molecule has 1 rings (SSSR count). The number of anilines is 1. The molecule has 0 aromatic carbocycles. The number of ether oxygens (including phenoxy) is 1. The molecule has 0 atom stereocenters. The molecule has 0 radical (unpaired) electrons. The summed E-state index contributed by atoms with van der Waals surface area (Å²) in [4.78, 5) is 14.4. The van der Waals surface area contributed by atoms with Gasteiger partial charge >= 0.3 is 6.01 Å². The van der Waals surface area contributed by atoms with Crippen molar-refractivity contribution in [2.45, 2.75) is 34.1 Å². The molecular weight excluding hydrogens is 252 g/mol. The van der Waals surface area contributed by atoms with Crippen LogP contribution in [0, 0.1) is 5.92 Å². The molecule has 102 valence electrons. The lowest BCUT2D eigenvalue weighted by molar-refractivity contribution is 0.267. The van der Waals surface area contributed by atoms with Gasteiger partial charge in [0.1, 0.15) is 0 Å². The molecule has 0 bridgehead atoms. The van der Waals surface area contributed by atoms with E-state index < -0.39 is 0 Å². The highest BCUT2D eigenvalue weighted by Crippen LogP contribution is 2.15. The molecule has 0 amide bonds. The Morgan fingerprint density at radius 3 is 2.39 bits per heavy atom. The van der Waals surface area contributed by atoms with Gasteiger partial charge in [-0.2, -0.15) is 15.0 Å². The first-order chi connectivity index (χ1) is 8.56. The topological polar surface area (TPSA) is 51.1 Å². The maximum absolute atomic E-state index is 5.88. The van der Waals surface area contributed by atoms with Crippen LogP contribution in [0.2, 0.25) is 5.28 Å². The SMILES string of the molecule is CCN(CC)c1nc(Cl)nc(OCCC(C)C)n1. The van der Waals surface area contributed by atoms with Gasteiger partial charge in [0.25, 0.3) is 0 Å². The van der Waals surface area contributed by atoms with Crippen LogP contribution in [0.1, 0.15) is 34.1 Å². The molecular formula is C12H21ClN4O. The second-order valence-electron chi connectivity index (χ2n) is 4.39. The molecule has 0 aliphatic heterocycles. The first-order valence-corrected chi connectivity index (χ1v) is 6.73. The molecule has 0 saturated heterocycles. The molecule has 0 aliphatic rings. The van der Waals surface area contributed by atoms with Crippen LogP contribution in [-0.2, 0) is 0 Å². The zero-order chi connectivity index (χ0) is 13.5. The monoisotopic (exact) mass is 272 g/mol. The molecule has 0 saturated carbocycles. The van der Waals surface area contributed by atoms with E-state index in [4.69, 9.17) is 16.3 Å². The summed E-state index contributed by atoms with van der Waals surface area (Å²) in [6.07, 6.45) is 0.962. The Labute approximate surface area is 114 Å². The first kappa shape index (κ1) is 15.0. The normalized spacial score (nSPS) is 10.8. The van der Waals surface area contributed by atoms with Gasteiger partial charge in [0.15, 0.2) is 0 Å². The minimum Gasteiger partial charge on any atom is -0.463 e. The second kappa shape index (κ2) is 7.36. The average Bonchev–Trinajstić information content (AvgIpc) is 2.29. The van der Waals surface area contributed by atoms with Crippen molar-refractivity contribution in [2.75, 3.05) is 24.6 Å². The van der Waals surface area contributed by atoms with Crippen LogP contribution in [0.15, 0.2) is 0 Å². The zero-order valence-electron chi connectivity index (χ0n) is 11.5. The summed E-state index contributed by atoms with van der Waals surface area (Å²) < 4.78 is 5.50. The largest absolute Gasteiger partial charge is 0.463 e. The number of rotatable bonds is 7. The number of halogens is 1. The molecule has 6 heteroatoms. The van der Waals surface area contributed by atoms with E-state index >= 15 is 0 Å². The highest BCUT2D eigenvalue weighted by atomic mass is 35.5. The predicted octanol–water partition coefficient (Wildman–Crippen LogP) is 2.80. The highest BCUT2D eigenvalue weighted by Gasteiger charge is 2.10. The summed E-state index contributed by atoms with van der Waals surface area (Å²) in [5, 5.41) is 0.173. The number of hydrogen-bond acceptors (Lipinski definition) is 5. The Morgan fingerprint density at radius 2 is 1.83 bits per heavy atom. The molecule has 0 unspecified atom stereocenters. The summed E-state index contributed by atoms with van der Waals surface area (Å²) >= 11 is 5.88. The van der Waals surface area contributed by atoms with Gasteiger partial charge in [-0.3, -0.25) is 0 Å². The van der Waals surface area contributed by atoms with Crippen molar-refractivity contribution < 1.29 is 4.74 Å². The maximum atomic E-state index is 5.88. The third kappa shape index (κ3) is 4.64. The minimum atomic E-state index is 0.173. The fourth-order valence-corrected chi connectivity index (χ4v) is 1.57. The Kier molecular flexibility index (Phi) is 6.12. The fourth-order valence-electron chi connectivity index (χ4n) is 1.42. The van der Waals surface area contributed by atoms with E-state index in [1.807, 2.05) is 18.7 Å². The van der Waals surface area contributed by atoms with Crippen LogP contribution in [0.4, 0.5) is 5.95 Å². The zero-order valence-corrected chi connectivity index (χ0v) is 12.2. The molecule has 0 N–H and O–H groups in total. The maximum Gasteiger partial charge on any atom is 0.322 e. The van der Waals surface area contributed by atoms with Crippen LogP contribution in [0.3, 0.4) is 0 Å². The molecule has 1 heterocycles. The van der Waals surface area contributed by atoms with E-state index in [2.05, 4.69) is 28.8 Å². The van der Waals surface area contributed by atoms with Crippen LogP contribution in [0.5, 0.6) is 6.01 Å². The van der Waals surface area contributed by atoms with Crippen molar-refractivity contribution >= 4 is 17.5 Å². The van der Waals surface area contributed by atoms with Gasteiger partial charge in [-0.1, -0.05) is 13.8 Å². The molecule has 1 aromatic rings. The van der Waals surface area contributed by atoms with Crippen molar-refractivity contribution in [3.63, 3.8) is 0 Å². The fraction of sp³-hybridized carbons (Fsp3) is 0.750. The Balaban J connectivity index is 2.74. The molecule has 18 heavy (non-hydrogen) atoms. The lowest BCUT2D eigenvalue weighted by Gasteiger charge is -2.18. The van der Waals surface area contributed by atoms with E-state index in [0.717, 1.165) is 19.5 Å². The standard InChI is InChI=1S/C12H21ClN4O/c1-5-17(6-2)11-14-10(13)15-12(16-11)18-8-7-9(3)4/h9H,5-8H2,1-4H3. The van der Waals surface area contributed by atoms with Crippen molar-refractivity contribution in [3.8, 4) is 6.01 Å². The molecule has 1 aromatic heterocycles. The van der Waals surface area contributed by atoms with Crippen molar-refractivity contribution in [3.05, 3.63) is 5.28 Å². The first-order valence-electron chi connectivity index (χ1n) is 6.36. The van der Waals surface area contributed by atoms with Gasteiger partial charge < -0.3 is 9.64 Å². The van der Waals surface area contributed by atoms with Crippen molar-refractivity contribution in [1.29, 1.82) is 0 Å². The van der Waals surface area contributed by atoms with Crippen LogP contribution < -0.4 is 9.64 Å². The van der Waals surface area contributed by atoms with Crippen molar-refractivity contribution in [2.24, 2.45) is 5.92 Å². The average molecular weight is 273 g/mol. The number of aromatic nitrogens is 3. The molecule has 0 fully saturated rings. The summed E-state index contributed by atoms with van der Waals surface area (Å²) in [7, 11) is 0. The van der Waals surface area contributed by atoms with E-state index in [9.17, 15) is 0 Å². The van der Waals surface area contributed by atoms with E-state index in [1.54, 1.807) is 0 Å². The third-order valence-electron chi connectivity index (χ3n) is 2.55. The second-order valence-corrected chi connectivity index (χ2v) is 4.73. The Bertz CT molecular complexity index is 369. The lowest BCUT2D eigenvalue weighted by atomic mass is 10.1. The smallest absolute Gasteiger partial charge is 0.322 e. The molecule has 0 spiro atoms. The Morgan fingerprint density at radius 1 is 1.17 bits per heavy atom. The van der Waals surface area contributed by atoms with Gasteiger partial charge in [-0.15, -0.1) is 0 Å². The summed E-state index contributed by atoms with van der Waals surface area (Å²) in [5.74, 6) is 1.16. The van der Waals surface area contributed by atoms with Gasteiger partial charge in [0.2, 0.25) is 11.2 Å². The quantitative estimate of drug-likeness (QED) is 0.764. The van der Waals surface area contributed by atoms with E-state index in [-0.39, 0.29) is 5.28 Å². The predicted molar refractivity (Wildman–Crippen MR) is 73.3 cm³/mol. The summed E-state index contributed by atoms with van der Waals surface area (Å²) in [5.41, 5.74) is 0. The van der Waals surface area contributed by atoms with Gasteiger partial charge in [0.05, 0.1) is 6.61 Å². The molecule has 5 nitrogen and oxygen atoms in total. The van der Waals surface area contributed by atoms with Crippen LogP contribution >= 0.6 is 11.6 Å². The van der Waals surface area contributed by atoms with Gasteiger partial charge in [0, 0.05) is 13.1 Å². The summed E-state index contributed by atoms with van der Waals surface area (Å²) in [6, 6.07) is 0.303. The number of nitrogens with zero attached hydrogens (tertiary/aromatic N) is 4. The third-order valence-corrected chi connectivity index (χ3v) is 2.72. The Hall–Kier alpha value is -1.10.